The molecule has 0 bridgehead atoms. The van der Waals surface area contributed by atoms with Crippen molar-refractivity contribution in [1.82, 2.24) is 9.55 Å². The zero-order valence-corrected chi connectivity index (χ0v) is 17.6. The Labute approximate surface area is 181 Å². The molecule has 9 heteroatoms. The van der Waals surface area contributed by atoms with E-state index in [2.05, 4.69) is 10.3 Å². The molecular formula is C22H18N4O4S. The minimum Gasteiger partial charge on any atom is -0.319 e. The number of rotatable bonds is 5. The average molecular weight is 434 g/mol. The van der Waals surface area contributed by atoms with E-state index < -0.39 is 10.8 Å². The van der Waals surface area contributed by atoms with Crippen LogP contribution in [0.4, 0.5) is 11.4 Å². The van der Waals surface area contributed by atoms with E-state index in [1.165, 1.54) is 28.3 Å². The van der Waals surface area contributed by atoms with Crippen LogP contribution in [-0.2, 0) is 11.3 Å². The minimum absolute atomic E-state index is 0.138. The molecule has 0 aliphatic rings. The van der Waals surface area contributed by atoms with Gasteiger partial charge in [0.15, 0.2) is 0 Å². The molecule has 1 amide bonds. The van der Waals surface area contributed by atoms with Gasteiger partial charge >= 0.3 is 0 Å². The number of amides is 1. The van der Waals surface area contributed by atoms with Crippen molar-refractivity contribution in [3.63, 3.8) is 0 Å². The lowest BCUT2D eigenvalue weighted by Gasteiger charge is -2.11. The van der Waals surface area contributed by atoms with Gasteiger partial charge in [-0.15, -0.1) is 11.3 Å². The third-order valence-electron chi connectivity index (χ3n) is 5.07. The third kappa shape index (κ3) is 3.95. The van der Waals surface area contributed by atoms with Crippen molar-refractivity contribution in [2.24, 2.45) is 0 Å². The highest BCUT2D eigenvalue weighted by Crippen LogP contribution is 2.31. The van der Waals surface area contributed by atoms with Gasteiger partial charge in [0.25, 0.3) is 11.2 Å². The minimum atomic E-state index is -0.543. The first kappa shape index (κ1) is 20.4. The summed E-state index contributed by atoms with van der Waals surface area (Å²) in [5.74, 6) is -0.543. The van der Waals surface area contributed by atoms with Gasteiger partial charge in [0, 0.05) is 10.9 Å². The second-order valence-electron chi connectivity index (χ2n) is 7.08. The molecule has 4 rings (SSSR count). The van der Waals surface area contributed by atoms with Crippen LogP contribution in [0.3, 0.4) is 0 Å². The number of aromatic nitrogens is 2. The Morgan fingerprint density at radius 1 is 1.19 bits per heavy atom. The number of carbonyl (C=O) groups is 1. The van der Waals surface area contributed by atoms with E-state index in [1.54, 1.807) is 26.0 Å². The Kier molecular flexibility index (Phi) is 5.35. The predicted octanol–water partition coefficient (Wildman–Crippen LogP) is 4.29. The number of hydrogen-bond acceptors (Lipinski definition) is 6. The second-order valence-corrected chi connectivity index (χ2v) is 8.11. The van der Waals surface area contributed by atoms with Gasteiger partial charge < -0.3 is 5.32 Å². The lowest BCUT2D eigenvalue weighted by molar-refractivity contribution is -0.384. The zero-order valence-electron chi connectivity index (χ0n) is 16.8. The maximum Gasteiger partial charge on any atom is 0.293 e. The Hall–Kier alpha value is -3.85. The summed E-state index contributed by atoms with van der Waals surface area (Å²) < 4.78 is 1.20. The SMILES string of the molecule is Cc1ccc([N+](=O)[O-])c(NC(=O)Cn2cnc3sc(-c4ccccc4)cc3c2=O)c1C. The van der Waals surface area contributed by atoms with Crippen molar-refractivity contribution in [1.29, 1.82) is 0 Å². The number of hydrogen-bond donors (Lipinski definition) is 1. The smallest absolute Gasteiger partial charge is 0.293 e. The molecule has 4 aromatic rings. The van der Waals surface area contributed by atoms with Gasteiger partial charge in [-0.05, 0) is 36.6 Å². The molecule has 0 saturated carbocycles. The summed E-state index contributed by atoms with van der Waals surface area (Å²) in [6.45, 7) is 3.20. The van der Waals surface area contributed by atoms with E-state index in [1.807, 2.05) is 30.3 Å². The summed E-state index contributed by atoms with van der Waals surface area (Å²) in [6.07, 6.45) is 1.33. The molecule has 2 aromatic carbocycles. The van der Waals surface area contributed by atoms with Crippen LogP contribution in [0.1, 0.15) is 11.1 Å². The lowest BCUT2D eigenvalue weighted by Crippen LogP contribution is -2.28. The number of anilines is 1. The van der Waals surface area contributed by atoms with Crippen molar-refractivity contribution >= 4 is 38.8 Å². The largest absolute Gasteiger partial charge is 0.319 e. The fraction of sp³-hybridized carbons (Fsp3) is 0.136. The highest BCUT2D eigenvalue weighted by Gasteiger charge is 2.20. The standard InChI is InChI=1S/C22H18N4O4S/c1-13-8-9-17(26(29)30)20(14(13)2)24-19(27)11-25-12-23-21-16(22(25)28)10-18(31-21)15-6-4-3-5-7-15/h3-10,12H,11H2,1-2H3,(H,24,27). The number of nitro groups is 1. The predicted molar refractivity (Wildman–Crippen MR) is 121 cm³/mol. The number of nitro benzene ring substituents is 1. The summed E-state index contributed by atoms with van der Waals surface area (Å²) >= 11 is 1.40. The van der Waals surface area contributed by atoms with Gasteiger partial charge in [0.05, 0.1) is 16.6 Å². The molecular weight excluding hydrogens is 416 g/mol. The maximum atomic E-state index is 12.9. The Balaban J connectivity index is 1.63. The second kappa shape index (κ2) is 8.11. The van der Waals surface area contributed by atoms with E-state index in [9.17, 15) is 19.7 Å². The molecule has 31 heavy (non-hydrogen) atoms. The number of nitrogens with one attached hydrogen (secondary N) is 1. The van der Waals surface area contributed by atoms with Gasteiger partial charge in [-0.2, -0.15) is 0 Å². The van der Waals surface area contributed by atoms with E-state index >= 15 is 0 Å². The van der Waals surface area contributed by atoms with E-state index in [0.29, 0.717) is 15.8 Å². The number of carbonyl (C=O) groups excluding carboxylic acids is 1. The summed E-state index contributed by atoms with van der Waals surface area (Å²) in [7, 11) is 0. The summed E-state index contributed by atoms with van der Waals surface area (Å²) in [5.41, 5.74) is 2.01. The number of nitrogens with zero attached hydrogens (tertiary/aromatic N) is 3. The third-order valence-corrected chi connectivity index (χ3v) is 6.16. The molecule has 0 atom stereocenters. The maximum absolute atomic E-state index is 12.9. The molecule has 0 fully saturated rings. The molecule has 2 heterocycles. The first-order valence-electron chi connectivity index (χ1n) is 9.44. The van der Waals surface area contributed by atoms with Gasteiger partial charge in [-0.3, -0.25) is 24.3 Å². The fourth-order valence-corrected chi connectivity index (χ4v) is 4.26. The molecule has 0 unspecified atom stereocenters. The molecule has 0 radical (unpaired) electrons. The normalized spacial score (nSPS) is 10.9. The van der Waals surface area contributed by atoms with Crippen molar-refractivity contribution in [2.75, 3.05) is 5.32 Å². The molecule has 8 nitrogen and oxygen atoms in total. The van der Waals surface area contributed by atoms with Crippen molar-refractivity contribution in [3.8, 4) is 10.4 Å². The van der Waals surface area contributed by atoms with Crippen LogP contribution in [0.15, 0.2) is 59.7 Å². The lowest BCUT2D eigenvalue weighted by atomic mass is 10.1. The van der Waals surface area contributed by atoms with Crippen LogP contribution >= 0.6 is 11.3 Å². The first-order valence-corrected chi connectivity index (χ1v) is 10.3. The van der Waals surface area contributed by atoms with Crippen LogP contribution in [0.5, 0.6) is 0 Å². The highest BCUT2D eigenvalue weighted by atomic mass is 32.1. The van der Waals surface area contributed by atoms with Crippen LogP contribution in [0.25, 0.3) is 20.7 Å². The molecule has 156 valence electrons. The highest BCUT2D eigenvalue weighted by molar-refractivity contribution is 7.21. The molecule has 0 aliphatic heterocycles. The quantitative estimate of drug-likeness (QED) is 0.372. The van der Waals surface area contributed by atoms with Gasteiger partial charge in [0.2, 0.25) is 5.91 Å². The molecule has 0 saturated heterocycles. The number of fused-ring (bicyclic) bond motifs is 1. The first-order chi connectivity index (χ1) is 14.8. The molecule has 1 N–H and O–H groups in total. The Morgan fingerprint density at radius 2 is 1.94 bits per heavy atom. The average Bonchev–Trinajstić information content (AvgIpc) is 3.19. The van der Waals surface area contributed by atoms with Crippen LogP contribution in [0.2, 0.25) is 0 Å². The van der Waals surface area contributed by atoms with Gasteiger partial charge in [-0.1, -0.05) is 36.4 Å². The summed E-state index contributed by atoms with van der Waals surface area (Å²) in [4.78, 5) is 42.1. The van der Waals surface area contributed by atoms with E-state index in [-0.39, 0.29) is 23.5 Å². The van der Waals surface area contributed by atoms with Gasteiger partial charge in [-0.25, -0.2) is 4.98 Å². The number of benzene rings is 2. The van der Waals surface area contributed by atoms with Gasteiger partial charge in [0.1, 0.15) is 17.1 Å². The molecule has 0 aliphatic carbocycles. The number of aryl methyl sites for hydroxylation is 1. The fourth-order valence-electron chi connectivity index (χ4n) is 3.26. The van der Waals surface area contributed by atoms with Crippen molar-refractivity contribution in [3.05, 3.63) is 86.5 Å². The van der Waals surface area contributed by atoms with Crippen LogP contribution in [-0.4, -0.2) is 20.4 Å². The number of thiophene rings is 1. The van der Waals surface area contributed by atoms with Crippen molar-refractivity contribution < 1.29 is 9.72 Å². The summed E-state index contributed by atoms with van der Waals surface area (Å²) in [6, 6.07) is 14.4. The zero-order chi connectivity index (χ0) is 22.1. The molecule has 0 spiro atoms. The Morgan fingerprint density at radius 3 is 2.65 bits per heavy atom. The van der Waals surface area contributed by atoms with Crippen molar-refractivity contribution in [2.45, 2.75) is 20.4 Å². The van der Waals surface area contributed by atoms with Crippen LogP contribution in [0, 0.1) is 24.0 Å². The summed E-state index contributed by atoms with van der Waals surface area (Å²) in [5, 5.41) is 14.4. The van der Waals surface area contributed by atoms with Crippen LogP contribution < -0.4 is 10.9 Å². The topological polar surface area (TPSA) is 107 Å². The van der Waals surface area contributed by atoms with E-state index in [0.717, 1.165) is 16.0 Å². The van der Waals surface area contributed by atoms with E-state index in [4.69, 9.17) is 0 Å². The molecule has 2 aromatic heterocycles. The Bertz CT molecular complexity index is 1380. The monoisotopic (exact) mass is 434 g/mol.